The molecule has 0 aliphatic carbocycles. The molecule has 11 heteroatoms. The molecule has 2 aromatic rings. The zero-order chi connectivity index (χ0) is 23.6. The number of amides is 1. The summed E-state index contributed by atoms with van der Waals surface area (Å²) in [6.07, 6.45) is 2.49. The van der Waals surface area contributed by atoms with E-state index in [1.807, 2.05) is 30.3 Å². The fourth-order valence-electron chi connectivity index (χ4n) is 4.04. The number of thiophene rings is 1. The van der Waals surface area contributed by atoms with Gasteiger partial charge in [-0.25, -0.2) is 26.6 Å². The highest BCUT2D eigenvalue weighted by Gasteiger charge is 2.50. The van der Waals surface area contributed by atoms with Crippen molar-refractivity contribution in [2.45, 2.75) is 37.4 Å². The van der Waals surface area contributed by atoms with E-state index < -0.39 is 42.7 Å². The number of hydrogen-bond donors (Lipinski definition) is 2. The van der Waals surface area contributed by atoms with Crippen LogP contribution in [0, 0.1) is 0 Å². The lowest BCUT2D eigenvalue weighted by molar-refractivity contribution is -0.129. The number of rotatable bonds is 7. The summed E-state index contributed by atoms with van der Waals surface area (Å²) in [5.41, 5.74) is 3.69. The number of hydrogen-bond acceptors (Lipinski definition) is 7. The van der Waals surface area contributed by atoms with Gasteiger partial charge >= 0.3 is 0 Å². The van der Waals surface area contributed by atoms with Gasteiger partial charge in [-0.1, -0.05) is 37.6 Å². The second-order valence-electron chi connectivity index (χ2n) is 8.05. The summed E-state index contributed by atoms with van der Waals surface area (Å²) in [6.45, 7) is 1.91. The maximum absolute atomic E-state index is 13.4. The van der Waals surface area contributed by atoms with Crippen LogP contribution in [0.15, 0.2) is 36.4 Å². The largest absolute Gasteiger partial charge is 0.289 e. The number of aryl methyl sites for hydroxylation is 1. The summed E-state index contributed by atoms with van der Waals surface area (Å²) in [7, 11) is -7.51. The molecular formula is C21H28N2O6S3. The molecule has 1 aromatic carbocycles. The topological polar surface area (TPSA) is 121 Å². The molecule has 1 unspecified atom stereocenters. The van der Waals surface area contributed by atoms with E-state index in [0.717, 1.165) is 33.8 Å². The summed E-state index contributed by atoms with van der Waals surface area (Å²) in [5.74, 6) is -1.24. The number of carbonyl (C=O) groups is 1. The van der Waals surface area contributed by atoms with Crippen LogP contribution in [0.1, 0.15) is 36.6 Å². The molecule has 176 valence electrons. The quantitative estimate of drug-likeness (QED) is 0.445. The van der Waals surface area contributed by atoms with Gasteiger partial charge in [-0.05, 0) is 36.1 Å². The van der Waals surface area contributed by atoms with Gasteiger partial charge in [0.1, 0.15) is 4.75 Å². The van der Waals surface area contributed by atoms with Crippen molar-refractivity contribution in [3.05, 3.63) is 46.8 Å². The van der Waals surface area contributed by atoms with E-state index in [4.69, 9.17) is 5.21 Å². The molecule has 2 heterocycles. The molecule has 0 bridgehead atoms. The molecular weight excluding hydrogens is 472 g/mol. The molecule has 0 spiro atoms. The van der Waals surface area contributed by atoms with Crippen LogP contribution in [0.5, 0.6) is 0 Å². The van der Waals surface area contributed by atoms with Gasteiger partial charge in [0.05, 0.1) is 18.4 Å². The molecule has 1 aromatic heterocycles. The molecule has 1 amide bonds. The van der Waals surface area contributed by atoms with Gasteiger partial charge in [0.2, 0.25) is 15.9 Å². The Balaban J connectivity index is 2.05. The average Bonchev–Trinajstić information content (AvgIpc) is 3.17. The molecule has 0 radical (unpaired) electrons. The van der Waals surface area contributed by atoms with Crippen LogP contribution in [0.4, 0.5) is 0 Å². The fraction of sp³-hybridized carbons (Fsp3) is 0.476. The fourth-order valence-corrected chi connectivity index (χ4v) is 8.61. The lowest BCUT2D eigenvalue weighted by Crippen LogP contribution is -2.41. The minimum Gasteiger partial charge on any atom is -0.289 e. The normalized spacial score (nSPS) is 21.7. The van der Waals surface area contributed by atoms with Crippen LogP contribution >= 0.6 is 11.3 Å². The van der Waals surface area contributed by atoms with Gasteiger partial charge in [0.25, 0.3) is 0 Å². The van der Waals surface area contributed by atoms with E-state index in [-0.39, 0.29) is 19.5 Å². The van der Waals surface area contributed by atoms with Crippen molar-refractivity contribution in [3.8, 4) is 10.4 Å². The van der Waals surface area contributed by atoms with Crippen LogP contribution in [-0.4, -0.2) is 57.4 Å². The van der Waals surface area contributed by atoms with Gasteiger partial charge in [-0.2, -0.15) is 0 Å². The van der Waals surface area contributed by atoms with E-state index >= 15 is 0 Å². The molecule has 1 saturated heterocycles. The number of benzene rings is 1. The van der Waals surface area contributed by atoms with Gasteiger partial charge in [-0.3, -0.25) is 10.0 Å². The van der Waals surface area contributed by atoms with Crippen molar-refractivity contribution in [3.63, 3.8) is 0 Å². The smallest absolute Gasteiger partial charge is 0.245 e. The number of hydroxylamine groups is 1. The molecule has 1 atom stereocenters. The predicted octanol–water partition coefficient (Wildman–Crippen LogP) is 2.54. The Morgan fingerprint density at radius 3 is 2.47 bits per heavy atom. The Morgan fingerprint density at radius 2 is 1.88 bits per heavy atom. The van der Waals surface area contributed by atoms with Crippen molar-refractivity contribution in [2.24, 2.45) is 0 Å². The zero-order valence-corrected chi connectivity index (χ0v) is 20.5. The Labute approximate surface area is 193 Å². The number of nitrogens with one attached hydrogen (secondary N) is 1. The lowest BCUT2D eigenvalue weighted by atomic mass is 9.97. The SMILES string of the molecule is CCCc1ccc(-c2ccc(C3(CC(=O)NO)CCN(S(C)(=O)=O)CCS3(=O)=O)s2)cc1. The highest BCUT2D eigenvalue weighted by molar-refractivity contribution is 7.92. The zero-order valence-electron chi connectivity index (χ0n) is 18.1. The number of sulfone groups is 1. The van der Waals surface area contributed by atoms with Crippen LogP contribution in [0.25, 0.3) is 10.4 Å². The van der Waals surface area contributed by atoms with E-state index in [1.165, 1.54) is 22.4 Å². The molecule has 3 rings (SSSR count). The Hall–Kier alpha value is -1.79. The van der Waals surface area contributed by atoms with Crippen molar-refractivity contribution in [1.29, 1.82) is 0 Å². The number of sulfonamides is 1. The van der Waals surface area contributed by atoms with Crippen LogP contribution in [-0.2, 0) is 35.8 Å². The molecule has 8 nitrogen and oxygen atoms in total. The summed E-state index contributed by atoms with van der Waals surface area (Å²) >= 11 is 1.27. The summed E-state index contributed by atoms with van der Waals surface area (Å²) < 4.78 is 50.5. The molecule has 1 fully saturated rings. The van der Waals surface area contributed by atoms with Gasteiger partial charge in [0.15, 0.2) is 9.84 Å². The van der Waals surface area contributed by atoms with E-state index in [0.29, 0.717) is 4.88 Å². The van der Waals surface area contributed by atoms with E-state index in [9.17, 15) is 21.6 Å². The first-order valence-corrected chi connectivity index (χ1v) is 14.6. The van der Waals surface area contributed by atoms with Gasteiger partial charge in [-0.15, -0.1) is 11.3 Å². The number of carbonyl (C=O) groups excluding carboxylic acids is 1. The third kappa shape index (κ3) is 5.07. The maximum Gasteiger partial charge on any atom is 0.245 e. The van der Waals surface area contributed by atoms with Crippen molar-refractivity contribution in [2.75, 3.05) is 25.1 Å². The Bertz CT molecular complexity index is 1170. The lowest BCUT2D eigenvalue weighted by Gasteiger charge is -2.30. The Kier molecular flexibility index (Phi) is 7.45. The van der Waals surface area contributed by atoms with Crippen LogP contribution in [0.3, 0.4) is 0 Å². The molecule has 2 N–H and O–H groups in total. The van der Waals surface area contributed by atoms with Crippen molar-refractivity contribution in [1.82, 2.24) is 9.79 Å². The summed E-state index contributed by atoms with van der Waals surface area (Å²) in [4.78, 5) is 13.5. The third-order valence-corrected chi connectivity index (χ3v) is 11.1. The van der Waals surface area contributed by atoms with Crippen LogP contribution in [0.2, 0.25) is 0 Å². The minimum atomic E-state index is -3.92. The predicted molar refractivity (Wildman–Crippen MR) is 125 cm³/mol. The van der Waals surface area contributed by atoms with E-state index in [2.05, 4.69) is 6.92 Å². The maximum atomic E-state index is 13.4. The minimum absolute atomic E-state index is 0.0320. The van der Waals surface area contributed by atoms with Crippen LogP contribution < -0.4 is 5.48 Å². The standard InChI is InChI=1S/C21H28N2O6S3/c1-3-4-16-5-7-17(8-6-16)18-9-10-19(30-18)21(15-20(24)22-25)11-12-23(31(2,26)27)13-14-32(21,28)29/h5-10,25H,3-4,11-15H2,1-2H3,(H,22,24). The summed E-state index contributed by atoms with van der Waals surface area (Å²) in [5, 5.41) is 9.10. The molecule has 0 saturated carbocycles. The second kappa shape index (κ2) is 9.60. The highest BCUT2D eigenvalue weighted by Crippen LogP contribution is 2.45. The third-order valence-electron chi connectivity index (χ3n) is 5.84. The first kappa shape index (κ1) is 24.8. The monoisotopic (exact) mass is 500 g/mol. The second-order valence-corrected chi connectivity index (χ2v) is 13.5. The van der Waals surface area contributed by atoms with Gasteiger partial charge in [0, 0.05) is 22.8 Å². The highest BCUT2D eigenvalue weighted by atomic mass is 32.2. The summed E-state index contributed by atoms with van der Waals surface area (Å²) in [6, 6.07) is 11.6. The molecule has 1 aliphatic heterocycles. The first-order valence-electron chi connectivity index (χ1n) is 10.3. The molecule has 32 heavy (non-hydrogen) atoms. The van der Waals surface area contributed by atoms with Gasteiger partial charge < -0.3 is 0 Å². The van der Waals surface area contributed by atoms with Crippen molar-refractivity contribution < 1.29 is 26.8 Å². The van der Waals surface area contributed by atoms with E-state index in [1.54, 1.807) is 6.07 Å². The number of nitrogens with zero attached hydrogens (tertiary/aromatic N) is 1. The van der Waals surface area contributed by atoms with Crippen molar-refractivity contribution >= 4 is 37.1 Å². The molecule has 1 aliphatic rings. The first-order chi connectivity index (χ1) is 15.0. The Morgan fingerprint density at radius 1 is 1.19 bits per heavy atom. The average molecular weight is 501 g/mol.